The first-order valence-electron chi connectivity index (χ1n) is 8.92. The van der Waals surface area contributed by atoms with Gasteiger partial charge in [0.05, 0.1) is 19.8 Å². The van der Waals surface area contributed by atoms with Crippen molar-refractivity contribution in [3.63, 3.8) is 0 Å². The van der Waals surface area contributed by atoms with Gasteiger partial charge in [-0.15, -0.1) is 5.10 Å². The van der Waals surface area contributed by atoms with Crippen molar-refractivity contribution in [1.29, 1.82) is 0 Å². The number of nitrogens with zero attached hydrogens (tertiary/aromatic N) is 3. The van der Waals surface area contributed by atoms with Gasteiger partial charge in [0.2, 0.25) is 0 Å². The second-order valence-corrected chi connectivity index (χ2v) is 6.25. The summed E-state index contributed by atoms with van der Waals surface area (Å²) in [6.45, 7) is 5.31. The SMILES string of the molecule is CC[NH+]=C(N)N/N=C\c1ccc(OCc2c[n+]3c(C)cccc3n2C)cc1. The molecule has 3 aromatic rings. The van der Waals surface area contributed by atoms with Crippen LogP contribution in [0.15, 0.2) is 53.8 Å². The number of aryl methyl sites for hydroxylation is 2. The molecule has 4 N–H and O–H groups in total. The molecule has 0 atom stereocenters. The van der Waals surface area contributed by atoms with E-state index in [4.69, 9.17) is 10.5 Å². The Morgan fingerprint density at radius 3 is 2.78 bits per heavy atom. The van der Waals surface area contributed by atoms with Crippen LogP contribution in [0, 0.1) is 6.92 Å². The largest absolute Gasteiger partial charge is 0.485 e. The zero-order valence-corrected chi connectivity index (χ0v) is 15.9. The van der Waals surface area contributed by atoms with Gasteiger partial charge >= 0.3 is 5.96 Å². The molecule has 0 bridgehead atoms. The Morgan fingerprint density at radius 2 is 2.07 bits per heavy atom. The number of aromatic nitrogens is 2. The molecule has 0 saturated heterocycles. The highest BCUT2D eigenvalue weighted by Gasteiger charge is 2.15. The first-order valence-corrected chi connectivity index (χ1v) is 8.92. The Balaban J connectivity index is 1.62. The molecule has 0 aliphatic heterocycles. The summed E-state index contributed by atoms with van der Waals surface area (Å²) in [6.07, 6.45) is 3.82. The van der Waals surface area contributed by atoms with E-state index in [0.29, 0.717) is 12.6 Å². The molecule has 7 heteroatoms. The van der Waals surface area contributed by atoms with Crippen molar-refractivity contribution in [3.8, 4) is 5.75 Å². The first kappa shape index (κ1) is 18.4. The summed E-state index contributed by atoms with van der Waals surface area (Å²) in [5.74, 6) is 1.24. The minimum Gasteiger partial charge on any atom is -0.485 e. The highest BCUT2D eigenvalue weighted by atomic mass is 16.5. The maximum atomic E-state index is 5.94. The molecule has 0 amide bonds. The minimum absolute atomic E-state index is 0.428. The Labute approximate surface area is 158 Å². The average Bonchev–Trinajstić information content (AvgIpc) is 2.99. The van der Waals surface area contributed by atoms with Gasteiger partial charge in [-0.3, -0.25) is 10.7 Å². The lowest BCUT2D eigenvalue weighted by atomic mass is 10.2. The van der Waals surface area contributed by atoms with Gasteiger partial charge in [0.15, 0.2) is 12.3 Å². The van der Waals surface area contributed by atoms with Crippen LogP contribution in [0.3, 0.4) is 0 Å². The highest BCUT2D eigenvalue weighted by Crippen LogP contribution is 2.14. The number of rotatable bonds is 6. The Hall–Kier alpha value is -3.35. The van der Waals surface area contributed by atoms with Crippen molar-refractivity contribution in [2.24, 2.45) is 17.9 Å². The van der Waals surface area contributed by atoms with Crippen LogP contribution in [-0.2, 0) is 13.7 Å². The average molecular weight is 366 g/mol. The highest BCUT2D eigenvalue weighted by molar-refractivity contribution is 5.81. The maximum Gasteiger partial charge on any atom is 0.365 e. The summed E-state index contributed by atoms with van der Waals surface area (Å²) < 4.78 is 10.3. The monoisotopic (exact) mass is 366 g/mol. The van der Waals surface area contributed by atoms with Crippen LogP contribution >= 0.6 is 0 Å². The molecule has 27 heavy (non-hydrogen) atoms. The third kappa shape index (κ3) is 4.44. The van der Waals surface area contributed by atoms with Gasteiger partial charge in [-0.2, -0.15) is 9.83 Å². The van der Waals surface area contributed by atoms with Crippen LogP contribution < -0.4 is 25.3 Å². The summed E-state index contributed by atoms with van der Waals surface area (Å²) in [7, 11) is 2.05. The van der Waals surface area contributed by atoms with Crippen molar-refractivity contribution >= 4 is 17.8 Å². The Morgan fingerprint density at radius 1 is 1.30 bits per heavy atom. The molecule has 1 aromatic carbocycles. The smallest absolute Gasteiger partial charge is 0.365 e. The van der Waals surface area contributed by atoms with Crippen molar-refractivity contribution in [2.45, 2.75) is 20.5 Å². The molecular weight excluding hydrogens is 340 g/mol. The van der Waals surface area contributed by atoms with E-state index in [1.165, 1.54) is 5.69 Å². The van der Waals surface area contributed by atoms with E-state index in [0.717, 1.165) is 29.2 Å². The number of hydrogen-bond acceptors (Lipinski definition) is 2. The zero-order chi connectivity index (χ0) is 19.2. The second kappa shape index (κ2) is 8.35. The van der Waals surface area contributed by atoms with Crippen molar-refractivity contribution in [1.82, 2.24) is 9.99 Å². The number of benzene rings is 1. The maximum absolute atomic E-state index is 5.94. The predicted octanol–water partition coefficient (Wildman–Crippen LogP) is -0.0101. The molecule has 0 saturated carbocycles. The quantitative estimate of drug-likeness (QED) is 0.248. The predicted molar refractivity (Wildman–Crippen MR) is 106 cm³/mol. The fourth-order valence-corrected chi connectivity index (χ4v) is 2.79. The van der Waals surface area contributed by atoms with Crippen LogP contribution in [0.2, 0.25) is 0 Å². The van der Waals surface area contributed by atoms with Crippen LogP contribution in [0.25, 0.3) is 5.65 Å². The van der Waals surface area contributed by atoms with Crippen LogP contribution in [-0.4, -0.2) is 23.3 Å². The van der Waals surface area contributed by atoms with Crippen LogP contribution in [0.5, 0.6) is 5.75 Å². The van der Waals surface area contributed by atoms with Crippen LogP contribution in [0.4, 0.5) is 0 Å². The van der Waals surface area contributed by atoms with E-state index in [9.17, 15) is 0 Å². The van der Waals surface area contributed by atoms with Gasteiger partial charge in [-0.05, 0) is 49.7 Å². The molecule has 0 aliphatic rings. The second-order valence-electron chi connectivity index (χ2n) is 6.25. The molecule has 2 aromatic heterocycles. The lowest BCUT2D eigenvalue weighted by molar-refractivity contribution is -0.518. The molecule has 140 valence electrons. The van der Waals surface area contributed by atoms with E-state index in [1.807, 2.05) is 31.2 Å². The number of guanidine groups is 1. The lowest BCUT2D eigenvalue weighted by Gasteiger charge is -2.04. The number of hydrazone groups is 1. The van der Waals surface area contributed by atoms with Gasteiger partial charge in [-0.1, -0.05) is 6.07 Å². The Kier molecular flexibility index (Phi) is 5.71. The van der Waals surface area contributed by atoms with Gasteiger partial charge in [-0.25, -0.2) is 4.57 Å². The molecule has 0 fully saturated rings. The Bertz CT molecular complexity index is 972. The fraction of sp³-hybridized carbons (Fsp3) is 0.250. The molecule has 7 nitrogen and oxygen atoms in total. The summed E-state index contributed by atoms with van der Waals surface area (Å²) in [5.41, 5.74) is 12.8. The van der Waals surface area contributed by atoms with E-state index in [2.05, 4.69) is 62.9 Å². The number of fused-ring (bicyclic) bond motifs is 1. The molecule has 0 unspecified atom stereocenters. The van der Waals surface area contributed by atoms with Crippen molar-refractivity contribution < 1.29 is 14.1 Å². The standard InChI is InChI=1S/C20H25N6O/c1-4-22-20(21)24-23-12-16-8-10-18(11-9-16)27-14-17-13-26-15(2)6-5-7-19(26)25(17)3/h5-13H,4,14H2,1-3H3,(H3,21,22,24)/q+1/p+1/b23-12-. The third-order valence-electron chi connectivity index (χ3n) is 4.29. The minimum atomic E-state index is 0.428. The molecule has 3 rings (SSSR count). The van der Waals surface area contributed by atoms with Crippen LogP contribution in [0.1, 0.15) is 23.9 Å². The van der Waals surface area contributed by atoms with Gasteiger partial charge in [0, 0.05) is 6.07 Å². The topological polar surface area (TPSA) is 82.6 Å². The number of nitrogens with one attached hydrogen (secondary N) is 2. The van der Waals surface area contributed by atoms with Gasteiger partial charge in [0.25, 0.3) is 5.65 Å². The molecule has 0 aliphatic carbocycles. The van der Waals surface area contributed by atoms with Gasteiger partial charge in [0.1, 0.15) is 17.6 Å². The third-order valence-corrected chi connectivity index (χ3v) is 4.29. The molecule has 0 spiro atoms. The lowest BCUT2D eigenvalue weighted by Crippen LogP contribution is -2.77. The number of nitrogens with two attached hydrogens (primary N) is 1. The van der Waals surface area contributed by atoms with E-state index >= 15 is 0 Å². The van der Waals surface area contributed by atoms with E-state index in [-0.39, 0.29) is 0 Å². The van der Waals surface area contributed by atoms with Crippen molar-refractivity contribution in [3.05, 3.63) is 65.6 Å². The van der Waals surface area contributed by atoms with Crippen molar-refractivity contribution in [2.75, 3.05) is 6.54 Å². The normalized spacial score (nSPS) is 12.0. The number of imidazole rings is 1. The summed E-state index contributed by atoms with van der Waals surface area (Å²) in [6, 6.07) is 14.0. The summed E-state index contributed by atoms with van der Waals surface area (Å²) >= 11 is 0. The first-order chi connectivity index (χ1) is 13.1. The molecular formula is C20H26N6O+2. The van der Waals surface area contributed by atoms with Gasteiger partial charge < -0.3 is 4.74 Å². The fourth-order valence-electron chi connectivity index (χ4n) is 2.79. The summed E-state index contributed by atoms with van der Waals surface area (Å²) in [5, 5.41) is 4.08. The van der Waals surface area contributed by atoms with E-state index < -0.39 is 0 Å². The number of ether oxygens (including phenoxy) is 1. The van der Waals surface area contributed by atoms with E-state index in [1.54, 1.807) is 6.21 Å². The summed E-state index contributed by atoms with van der Waals surface area (Å²) in [4.78, 5) is 2.94. The molecule has 0 radical (unpaired) electrons. The molecule has 2 heterocycles. The number of pyridine rings is 1. The zero-order valence-electron chi connectivity index (χ0n) is 15.9. The number of hydrogen-bond donors (Lipinski definition) is 3.